The van der Waals surface area contributed by atoms with Gasteiger partial charge >= 0.3 is 0 Å². The van der Waals surface area contributed by atoms with Gasteiger partial charge in [-0.3, -0.25) is 4.79 Å². The number of hydrogen-bond donors (Lipinski definition) is 1. The molecule has 1 aliphatic heterocycles. The summed E-state index contributed by atoms with van der Waals surface area (Å²) in [5, 5.41) is 3.02. The number of rotatable bonds is 5. The van der Waals surface area contributed by atoms with E-state index in [1.165, 1.54) is 15.9 Å². The van der Waals surface area contributed by atoms with E-state index in [0.717, 1.165) is 36.0 Å². The third-order valence-electron chi connectivity index (χ3n) is 5.65. The minimum atomic E-state index is -3.57. The number of nitrogens with zero attached hydrogens (tertiary/aromatic N) is 1. The first kappa shape index (κ1) is 21.5. The van der Waals surface area contributed by atoms with E-state index in [0.29, 0.717) is 18.7 Å². The average Bonchev–Trinajstić information content (AvgIpc) is 2.68. The average molecular weight is 415 g/mol. The highest BCUT2D eigenvalue weighted by molar-refractivity contribution is 7.89. The van der Waals surface area contributed by atoms with Gasteiger partial charge in [-0.2, -0.15) is 4.31 Å². The van der Waals surface area contributed by atoms with E-state index in [4.69, 9.17) is 0 Å². The number of carbonyl (C=O) groups excluding carboxylic acids is 1. The monoisotopic (exact) mass is 414 g/mol. The molecule has 1 saturated heterocycles. The van der Waals surface area contributed by atoms with Crippen LogP contribution in [0.1, 0.15) is 64.8 Å². The molecule has 0 saturated carbocycles. The predicted molar refractivity (Wildman–Crippen MR) is 116 cm³/mol. The molecule has 3 rings (SSSR count). The first-order chi connectivity index (χ1) is 13.7. The van der Waals surface area contributed by atoms with Crippen LogP contribution in [0.15, 0.2) is 41.3 Å². The third kappa shape index (κ3) is 4.70. The van der Waals surface area contributed by atoms with Gasteiger partial charge < -0.3 is 5.32 Å². The molecule has 0 spiro atoms. The van der Waals surface area contributed by atoms with Crippen LogP contribution in [0.2, 0.25) is 0 Å². The Morgan fingerprint density at radius 2 is 1.66 bits per heavy atom. The summed E-state index contributed by atoms with van der Waals surface area (Å²) in [6.07, 6.45) is 2.82. The Morgan fingerprint density at radius 3 is 2.31 bits per heavy atom. The Bertz CT molecular complexity index is 1010. The van der Waals surface area contributed by atoms with Gasteiger partial charge in [-0.25, -0.2) is 8.42 Å². The van der Waals surface area contributed by atoms with Crippen LogP contribution < -0.4 is 5.32 Å². The van der Waals surface area contributed by atoms with E-state index in [2.05, 4.69) is 11.4 Å². The normalized spacial score (nSPS) is 16.4. The molecule has 156 valence electrons. The summed E-state index contributed by atoms with van der Waals surface area (Å²) < 4.78 is 27.5. The van der Waals surface area contributed by atoms with Gasteiger partial charge in [-0.15, -0.1) is 0 Å². The van der Waals surface area contributed by atoms with Crippen molar-refractivity contribution >= 4 is 15.9 Å². The largest absolute Gasteiger partial charge is 0.345 e. The standard InChI is InChI=1S/C23H30N2O3S/c1-16-8-11-21(18(3)14-16)19(4)24-23(26)22-15-20(10-9-17(22)2)29(27,28)25-12-6-5-7-13-25/h8-11,14-15,19H,5-7,12-13H2,1-4H3,(H,24,26)/t19-/m1/s1. The van der Waals surface area contributed by atoms with E-state index in [-0.39, 0.29) is 16.8 Å². The lowest BCUT2D eigenvalue weighted by molar-refractivity contribution is 0.0939. The zero-order valence-electron chi connectivity index (χ0n) is 17.7. The zero-order valence-corrected chi connectivity index (χ0v) is 18.5. The van der Waals surface area contributed by atoms with Gasteiger partial charge in [0.05, 0.1) is 10.9 Å². The molecule has 0 radical (unpaired) electrons. The number of piperidine rings is 1. The van der Waals surface area contributed by atoms with Crippen molar-refractivity contribution in [3.63, 3.8) is 0 Å². The number of aryl methyl sites for hydroxylation is 3. The van der Waals surface area contributed by atoms with Gasteiger partial charge in [0, 0.05) is 18.7 Å². The summed E-state index contributed by atoms with van der Waals surface area (Å²) in [5.74, 6) is -0.259. The highest BCUT2D eigenvalue weighted by Gasteiger charge is 2.27. The molecule has 6 heteroatoms. The summed E-state index contributed by atoms with van der Waals surface area (Å²) >= 11 is 0. The smallest absolute Gasteiger partial charge is 0.252 e. The molecule has 0 aliphatic carbocycles. The molecular weight excluding hydrogens is 384 g/mol. The molecule has 1 fully saturated rings. The zero-order chi connectivity index (χ0) is 21.2. The minimum absolute atomic E-state index is 0.176. The van der Waals surface area contributed by atoms with Gasteiger partial charge in [0.25, 0.3) is 5.91 Å². The fraction of sp³-hybridized carbons (Fsp3) is 0.435. The molecule has 5 nitrogen and oxygen atoms in total. The second-order valence-corrected chi connectivity index (χ2v) is 9.93. The van der Waals surface area contributed by atoms with Crippen molar-refractivity contribution in [1.29, 1.82) is 0 Å². The third-order valence-corrected chi connectivity index (χ3v) is 7.54. The molecule has 0 bridgehead atoms. The van der Waals surface area contributed by atoms with Crippen LogP contribution in [-0.4, -0.2) is 31.7 Å². The molecular formula is C23H30N2O3S. The fourth-order valence-corrected chi connectivity index (χ4v) is 5.47. The van der Waals surface area contributed by atoms with Crippen molar-refractivity contribution < 1.29 is 13.2 Å². The molecule has 0 unspecified atom stereocenters. The first-order valence-electron chi connectivity index (χ1n) is 10.2. The lowest BCUT2D eigenvalue weighted by Gasteiger charge is -2.26. The molecule has 1 amide bonds. The quantitative estimate of drug-likeness (QED) is 0.794. The highest BCUT2D eigenvalue weighted by atomic mass is 32.2. The first-order valence-corrected chi connectivity index (χ1v) is 11.6. The predicted octanol–water partition coefficient (Wildman–Crippen LogP) is 4.28. The molecule has 29 heavy (non-hydrogen) atoms. The van der Waals surface area contributed by atoms with Gasteiger partial charge in [-0.1, -0.05) is 36.2 Å². The van der Waals surface area contributed by atoms with Gasteiger partial charge in [-0.05, 0) is 69.4 Å². The van der Waals surface area contributed by atoms with Crippen molar-refractivity contribution in [3.8, 4) is 0 Å². The van der Waals surface area contributed by atoms with E-state index < -0.39 is 10.0 Å². The summed E-state index contributed by atoms with van der Waals surface area (Å²) in [7, 11) is -3.57. The molecule has 1 atom stereocenters. The van der Waals surface area contributed by atoms with Crippen LogP contribution in [0.4, 0.5) is 0 Å². The van der Waals surface area contributed by atoms with Gasteiger partial charge in [0.1, 0.15) is 0 Å². The number of hydrogen-bond acceptors (Lipinski definition) is 3. The molecule has 1 heterocycles. The second kappa shape index (κ2) is 8.67. The maximum absolute atomic E-state index is 13.0. The number of sulfonamides is 1. The van der Waals surface area contributed by atoms with Crippen molar-refractivity contribution in [3.05, 3.63) is 64.2 Å². The number of carbonyl (C=O) groups is 1. The lowest BCUT2D eigenvalue weighted by atomic mass is 9.99. The molecule has 2 aromatic rings. The van der Waals surface area contributed by atoms with Gasteiger partial charge in [0.15, 0.2) is 0 Å². The van der Waals surface area contributed by atoms with Crippen molar-refractivity contribution in [2.75, 3.05) is 13.1 Å². The minimum Gasteiger partial charge on any atom is -0.345 e. The van der Waals surface area contributed by atoms with Crippen LogP contribution in [0.25, 0.3) is 0 Å². The summed E-state index contributed by atoms with van der Waals surface area (Å²) in [6.45, 7) is 8.93. The van der Waals surface area contributed by atoms with Crippen LogP contribution >= 0.6 is 0 Å². The van der Waals surface area contributed by atoms with Crippen molar-refractivity contribution in [1.82, 2.24) is 9.62 Å². The Morgan fingerprint density at radius 1 is 0.966 bits per heavy atom. The van der Waals surface area contributed by atoms with E-state index in [1.54, 1.807) is 12.1 Å². The molecule has 2 aromatic carbocycles. The van der Waals surface area contributed by atoms with Crippen LogP contribution in [0.3, 0.4) is 0 Å². The Labute approximate surface area is 174 Å². The Kier molecular flexibility index (Phi) is 6.44. The number of benzene rings is 2. The molecule has 0 aromatic heterocycles. The van der Waals surface area contributed by atoms with Crippen LogP contribution in [0.5, 0.6) is 0 Å². The topological polar surface area (TPSA) is 66.5 Å². The fourth-order valence-electron chi connectivity index (χ4n) is 3.92. The molecule has 1 aliphatic rings. The maximum Gasteiger partial charge on any atom is 0.252 e. The van der Waals surface area contributed by atoms with Crippen molar-refractivity contribution in [2.24, 2.45) is 0 Å². The van der Waals surface area contributed by atoms with Crippen LogP contribution in [-0.2, 0) is 10.0 Å². The van der Waals surface area contributed by atoms with Crippen molar-refractivity contribution in [2.45, 2.75) is 57.9 Å². The maximum atomic E-state index is 13.0. The number of amides is 1. The Balaban J connectivity index is 1.84. The van der Waals surface area contributed by atoms with E-state index >= 15 is 0 Å². The highest BCUT2D eigenvalue weighted by Crippen LogP contribution is 2.24. The summed E-state index contributed by atoms with van der Waals surface area (Å²) in [4.78, 5) is 13.2. The van der Waals surface area contributed by atoms with Crippen LogP contribution in [0, 0.1) is 20.8 Å². The van der Waals surface area contributed by atoms with Gasteiger partial charge in [0.2, 0.25) is 10.0 Å². The van der Waals surface area contributed by atoms with E-state index in [9.17, 15) is 13.2 Å². The molecule has 1 N–H and O–H groups in total. The lowest BCUT2D eigenvalue weighted by Crippen LogP contribution is -2.36. The summed E-state index contributed by atoms with van der Waals surface area (Å²) in [6, 6.07) is 10.8. The summed E-state index contributed by atoms with van der Waals surface area (Å²) in [5.41, 5.74) is 4.51. The second-order valence-electron chi connectivity index (χ2n) is 8.00. The SMILES string of the molecule is Cc1ccc([C@@H](C)NC(=O)c2cc(S(=O)(=O)N3CCCCC3)ccc2C)c(C)c1. The Hall–Kier alpha value is -2.18. The van der Waals surface area contributed by atoms with E-state index in [1.807, 2.05) is 39.8 Å². The number of nitrogens with one attached hydrogen (secondary N) is 1.